The van der Waals surface area contributed by atoms with Crippen molar-refractivity contribution in [2.75, 3.05) is 49.8 Å². The number of carbonyl (C=O) groups is 1. The van der Waals surface area contributed by atoms with E-state index in [0.29, 0.717) is 24.6 Å². The molecule has 2 aromatic rings. The third-order valence-corrected chi connectivity index (χ3v) is 5.88. The fraction of sp³-hybridized carbons (Fsp3) is 0.381. The van der Waals surface area contributed by atoms with Crippen LogP contribution in [0, 0.1) is 0 Å². The van der Waals surface area contributed by atoms with Gasteiger partial charge in [0.15, 0.2) is 0 Å². The number of carbonyl (C=O) groups excluding carboxylic acids is 1. The van der Waals surface area contributed by atoms with Crippen LogP contribution >= 0.6 is 0 Å². The summed E-state index contributed by atoms with van der Waals surface area (Å²) in [5.74, 6) is 0.369. The van der Waals surface area contributed by atoms with Crippen LogP contribution in [0.25, 0.3) is 0 Å². The molecule has 0 bridgehead atoms. The molecule has 30 heavy (non-hydrogen) atoms. The largest absolute Gasteiger partial charge is 0.497 e. The Kier molecular flexibility index (Phi) is 7.93. The van der Waals surface area contributed by atoms with Crippen molar-refractivity contribution in [1.82, 2.24) is 5.32 Å². The second-order valence-electron chi connectivity index (χ2n) is 6.82. The Balaban J connectivity index is 2.16. The summed E-state index contributed by atoms with van der Waals surface area (Å²) >= 11 is 0. The number of anilines is 2. The number of ether oxygens (including phenoxy) is 2. The molecule has 0 aliphatic heterocycles. The van der Waals surface area contributed by atoms with Crippen LogP contribution in [0.3, 0.4) is 0 Å². The van der Waals surface area contributed by atoms with Crippen LogP contribution in [0.2, 0.25) is 0 Å². The molecule has 1 atom stereocenters. The Bertz CT molecular complexity index is 950. The van der Waals surface area contributed by atoms with Gasteiger partial charge in [-0.3, -0.25) is 9.10 Å². The zero-order chi connectivity index (χ0) is 22.3. The Labute approximate surface area is 178 Å². The van der Waals surface area contributed by atoms with Crippen molar-refractivity contribution in [1.29, 1.82) is 0 Å². The second-order valence-corrected chi connectivity index (χ2v) is 8.68. The lowest BCUT2D eigenvalue weighted by Crippen LogP contribution is -2.49. The van der Waals surface area contributed by atoms with Gasteiger partial charge in [0.2, 0.25) is 15.9 Å². The predicted molar refractivity (Wildman–Crippen MR) is 119 cm³/mol. The molecule has 0 aromatic heterocycles. The first-order valence-corrected chi connectivity index (χ1v) is 11.3. The molecule has 0 saturated carbocycles. The molecule has 164 valence electrons. The van der Waals surface area contributed by atoms with Gasteiger partial charge in [-0.2, -0.15) is 0 Å². The summed E-state index contributed by atoms with van der Waals surface area (Å²) in [6.07, 6.45) is 1.05. The zero-order valence-electron chi connectivity index (χ0n) is 18.0. The Morgan fingerprint density at radius 2 is 1.77 bits per heavy atom. The molecule has 0 spiro atoms. The Morgan fingerprint density at radius 3 is 2.33 bits per heavy atom. The average molecular weight is 436 g/mol. The van der Waals surface area contributed by atoms with E-state index in [4.69, 9.17) is 9.47 Å². The fourth-order valence-corrected chi connectivity index (χ4v) is 4.23. The van der Waals surface area contributed by atoms with Gasteiger partial charge < -0.3 is 19.7 Å². The van der Waals surface area contributed by atoms with Crippen molar-refractivity contribution in [3.8, 4) is 11.5 Å². The van der Waals surface area contributed by atoms with Crippen molar-refractivity contribution in [3.05, 3.63) is 48.5 Å². The van der Waals surface area contributed by atoms with Gasteiger partial charge in [0.1, 0.15) is 17.5 Å². The maximum atomic E-state index is 12.8. The first kappa shape index (κ1) is 23.3. The van der Waals surface area contributed by atoms with E-state index in [1.807, 2.05) is 42.3 Å². The van der Waals surface area contributed by atoms with E-state index in [2.05, 4.69) is 5.32 Å². The van der Waals surface area contributed by atoms with E-state index >= 15 is 0 Å². The van der Waals surface area contributed by atoms with Gasteiger partial charge in [-0.25, -0.2) is 8.42 Å². The van der Waals surface area contributed by atoms with Gasteiger partial charge in [0.05, 0.1) is 26.2 Å². The van der Waals surface area contributed by atoms with Gasteiger partial charge in [-0.15, -0.1) is 0 Å². The number of nitrogens with zero attached hydrogens (tertiary/aromatic N) is 2. The van der Waals surface area contributed by atoms with Crippen LogP contribution in [0.4, 0.5) is 11.4 Å². The van der Waals surface area contributed by atoms with E-state index < -0.39 is 22.0 Å². The van der Waals surface area contributed by atoms with Gasteiger partial charge in [-0.05, 0) is 31.2 Å². The lowest BCUT2D eigenvalue weighted by Gasteiger charge is -2.30. The highest BCUT2D eigenvalue weighted by molar-refractivity contribution is 7.92. The van der Waals surface area contributed by atoms with Crippen LogP contribution < -0.4 is 24.0 Å². The molecule has 9 heteroatoms. The third kappa shape index (κ3) is 5.79. The number of likely N-dealkylation sites (N-methyl/N-ethyl adjacent to an activating group) is 1. The van der Waals surface area contributed by atoms with Crippen LogP contribution in [0.1, 0.15) is 6.92 Å². The Morgan fingerprint density at radius 1 is 1.10 bits per heavy atom. The molecular weight excluding hydrogens is 406 g/mol. The van der Waals surface area contributed by atoms with Crippen LogP contribution in [0.15, 0.2) is 48.5 Å². The summed E-state index contributed by atoms with van der Waals surface area (Å²) in [6, 6.07) is 13.6. The fourth-order valence-electron chi connectivity index (χ4n) is 3.06. The molecule has 1 unspecified atom stereocenters. The van der Waals surface area contributed by atoms with E-state index in [1.54, 1.807) is 12.1 Å². The molecule has 0 radical (unpaired) electrons. The third-order valence-electron chi connectivity index (χ3n) is 4.66. The maximum absolute atomic E-state index is 12.8. The number of hydrogen-bond donors (Lipinski definition) is 1. The second kappa shape index (κ2) is 10.2. The topological polar surface area (TPSA) is 88.2 Å². The van der Waals surface area contributed by atoms with Crippen LogP contribution in [-0.2, 0) is 14.8 Å². The van der Waals surface area contributed by atoms with Gasteiger partial charge in [0.25, 0.3) is 0 Å². The van der Waals surface area contributed by atoms with E-state index in [1.165, 1.54) is 27.2 Å². The zero-order valence-corrected chi connectivity index (χ0v) is 18.8. The number of amides is 1. The smallest absolute Gasteiger partial charge is 0.243 e. The van der Waals surface area contributed by atoms with E-state index in [-0.39, 0.29) is 5.69 Å². The first-order chi connectivity index (χ1) is 14.2. The minimum atomic E-state index is -3.78. The summed E-state index contributed by atoms with van der Waals surface area (Å²) in [5.41, 5.74) is 1.27. The number of para-hydroxylation sites is 1. The molecule has 0 heterocycles. The summed E-state index contributed by atoms with van der Waals surface area (Å²) < 4.78 is 36.7. The van der Waals surface area contributed by atoms with Crippen molar-refractivity contribution >= 4 is 27.3 Å². The molecule has 0 saturated heterocycles. The van der Waals surface area contributed by atoms with E-state index in [9.17, 15) is 13.2 Å². The summed E-state index contributed by atoms with van der Waals surface area (Å²) in [4.78, 5) is 14.8. The first-order valence-electron chi connectivity index (χ1n) is 9.44. The Hall–Kier alpha value is -2.94. The van der Waals surface area contributed by atoms with Gasteiger partial charge in [-0.1, -0.05) is 18.2 Å². The van der Waals surface area contributed by atoms with Crippen LogP contribution in [-0.4, -0.2) is 61.0 Å². The normalized spacial score (nSPS) is 12.0. The highest BCUT2D eigenvalue weighted by atomic mass is 32.2. The average Bonchev–Trinajstić information content (AvgIpc) is 2.73. The molecule has 2 aromatic carbocycles. The molecule has 1 N–H and O–H groups in total. The van der Waals surface area contributed by atoms with Crippen molar-refractivity contribution < 1.29 is 22.7 Å². The highest BCUT2D eigenvalue weighted by Gasteiger charge is 2.31. The number of nitrogens with one attached hydrogen (secondary N) is 1. The van der Waals surface area contributed by atoms with Crippen LogP contribution in [0.5, 0.6) is 11.5 Å². The number of methoxy groups -OCH3 is 2. The van der Waals surface area contributed by atoms with Gasteiger partial charge in [0, 0.05) is 31.9 Å². The van der Waals surface area contributed by atoms with Gasteiger partial charge >= 0.3 is 0 Å². The summed E-state index contributed by atoms with van der Waals surface area (Å²) in [7, 11) is 1.07. The number of benzene rings is 2. The molecule has 0 aliphatic carbocycles. The lowest BCUT2D eigenvalue weighted by molar-refractivity contribution is -0.121. The quantitative estimate of drug-likeness (QED) is 0.615. The summed E-state index contributed by atoms with van der Waals surface area (Å²) in [5, 5.41) is 2.81. The van der Waals surface area contributed by atoms with Crippen molar-refractivity contribution in [3.63, 3.8) is 0 Å². The minimum absolute atomic E-state index is 0.239. The van der Waals surface area contributed by atoms with E-state index in [0.717, 1.165) is 16.2 Å². The molecule has 2 rings (SSSR count). The lowest BCUT2D eigenvalue weighted by atomic mass is 10.2. The highest BCUT2D eigenvalue weighted by Crippen LogP contribution is 2.35. The molecule has 1 amide bonds. The molecule has 0 fully saturated rings. The number of rotatable bonds is 10. The molecule has 8 nitrogen and oxygen atoms in total. The monoisotopic (exact) mass is 435 g/mol. The SMILES string of the molecule is COc1ccc(OC)c(N(C(C)C(=O)NCCN(C)c2ccccc2)S(C)(=O)=O)c1. The summed E-state index contributed by atoms with van der Waals surface area (Å²) in [6.45, 7) is 2.47. The van der Waals surface area contributed by atoms with Crippen molar-refractivity contribution in [2.24, 2.45) is 0 Å². The maximum Gasteiger partial charge on any atom is 0.243 e. The number of hydrogen-bond acceptors (Lipinski definition) is 6. The number of sulfonamides is 1. The predicted octanol–water partition coefficient (Wildman–Crippen LogP) is 2.11. The molecule has 0 aliphatic rings. The standard InChI is InChI=1S/C21H29N3O5S/c1-16(21(25)22-13-14-23(2)17-9-7-6-8-10-17)24(30(5,26)27)19-15-18(28-3)11-12-20(19)29-4/h6-12,15-16H,13-14H2,1-5H3,(H,22,25). The van der Waals surface area contributed by atoms with Crippen molar-refractivity contribution in [2.45, 2.75) is 13.0 Å². The minimum Gasteiger partial charge on any atom is -0.497 e. The molecular formula is C21H29N3O5S.